The average molecular weight is 434 g/mol. The monoisotopic (exact) mass is 433 g/mol. The van der Waals surface area contributed by atoms with E-state index in [1.165, 1.54) is 7.11 Å². The second-order valence-corrected chi connectivity index (χ2v) is 8.50. The molecule has 0 radical (unpaired) electrons. The van der Waals surface area contributed by atoms with Crippen LogP contribution in [0.3, 0.4) is 0 Å². The zero-order valence-electron chi connectivity index (χ0n) is 17.8. The molecule has 8 nitrogen and oxygen atoms in total. The van der Waals surface area contributed by atoms with Gasteiger partial charge in [-0.2, -0.15) is 5.10 Å². The molecule has 0 unspecified atom stereocenters. The lowest BCUT2D eigenvalue weighted by molar-refractivity contribution is -0.119. The molecule has 1 N–H and O–H groups in total. The van der Waals surface area contributed by atoms with Gasteiger partial charge in [0.1, 0.15) is 6.54 Å². The van der Waals surface area contributed by atoms with Gasteiger partial charge < -0.3 is 9.47 Å². The fourth-order valence-corrected chi connectivity index (χ4v) is 3.59. The number of aryl methyl sites for hydroxylation is 1. The molecule has 0 aromatic heterocycles. The number of ether oxygens (including phenoxy) is 2. The minimum absolute atomic E-state index is 0.382. The highest BCUT2D eigenvalue weighted by molar-refractivity contribution is 7.92. The lowest BCUT2D eigenvalue weighted by Gasteiger charge is -2.21. The van der Waals surface area contributed by atoms with Gasteiger partial charge >= 0.3 is 0 Å². The van der Waals surface area contributed by atoms with E-state index in [1.54, 1.807) is 44.4 Å². The van der Waals surface area contributed by atoms with E-state index in [1.807, 2.05) is 19.1 Å². The number of hydrazone groups is 1. The smallest absolute Gasteiger partial charge is 0.260 e. The molecule has 30 heavy (non-hydrogen) atoms. The average Bonchev–Trinajstić information content (AvgIpc) is 2.74. The fraction of sp³-hybridized carbons (Fsp3) is 0.333. The van der Waals surface area contributed by atoms with Crippen molar-refractivity contribution in [3.05, 3.63) is 53.6 Å². The number of benzene rings is 2. The summed E-state index contributed by atoms with van der Waals surface area (Å²) >= 11 is 0. The van der Waals surface area contributed by atoms with Crippen molar-refractivity contribution in [1.29, 1.82) is 0 Å². The summed E-state index contributed by atoms with van der Waals surface area (Å²) < 4.78 is 35.9. The Balaban J connectivity index is 2.15. The molecule has 0 aliphatic heterocycles. The molecular weight excluding hydrogens is 406 g/mol. The predicted molar refractivity (Wildman–Crippen MR) is 118 cm³/mol. The highest BCUT2D eigenvalue weighted by Crippen LogP contribution is 2.27. The first-order chi connectivity index (χ1) is 14.2. The molecule has 0 bridgehead atoms. The van der Waals surface area contributed by atoms with Gasteiger partial charge in [-0.05, 0) is 49.2 Å². The van der Waals surface area contributed by atoms with Crippen molar-refractivity contribution in [3.63, 3.8) is 0 Å². The SMILES string of the molecule is CCc1ccc(N(CC(=O)N/N=C(/C)c2ccc(OC)c(OC)c2)S(C)(=O)=O)cc1. The van der Waals surface area contributed by atoms with Crippen molar-refractivity contribution < 1.29 is 22.7 Å². The van der Waals surface area contributed by atoms with Crippen LogP contribution in [0.2, 0.25) is 0 Å². The van der Waals surface area contributed by atoms with Crippen molar-refractivity contribution in [2.24, 2.45) is 5.10 Å². The summed E-state index contributed by atoms with van der Waals surface area (Å²) in [4.78, 5) is 12.4. The first-order valence-electron chi connectivity index (χ1n) is 9.31. The second kappa shape index (κ2) is 10.1. The van der Waals surface area contributed by atoms with E-state index in [9.17, 15) is 13.2 Å². The quantitative estimate of drug-likeness (QED) is 0.484. The van der Waals surface area contributed by atoms with E-state index in [0.29, 0.717) is 22.9 Å². The van der Waals surface area contributed by atoms with Crippen LogP contribution in [0, 0.1) is 0 Å². The topological polar surface area (TPSA) is 97.3 Å². The number of nitrogens with one attached hydrogen (secondary N) is 1. The van der Waals surface area contributed by atoms with Gasteiger partial charge in [-0.15, -0.1) is 0 Å². The second-order valence-electron chi connectivity index (χ2n) is 6.59. The van der Waals surface area contributed by atoms with Crippen LogP contribution in [0.25, 0.3) is 0 Å². The molecule has 2 aromatic rings. The minimum atomic E-state index is -3.65. The minimum Gasteiger partial charge on any atom is -0.493 e. The fourth-order valence-electron chi connectivity index (χ4n) is 2.74. The number of hydrogen-bond donors (Lipinski definition) is 1. The molecule has 0 saturated carbocycles. The van der Waals surface area contributed by atoms with Crippen LogP contribution in [0.1, 0.15) is 25.0 Å². The largest absolute Gasteiger partial charge is 0.493 e. The highest BCUT2D eigenvalue weighted by Gasteiger charge is 2.20. The molecule has 0 atom stereocenters. The predicted octanol–water partition coefficient (Wildman–Crippen LogP) is 2.57. The number of methoxy groups -OCH3 is 2. The number of rotatable bonds is 9. The molecule has 0 saturated heterocycles. The van der Waals surface area contributed by atoms with Crippen molar-refractivity contribution in [3.8, 4) is 11.5 Å². The zero-order valence-corrected chi connectivity index (χ0v) is 18.6. The summed E-state index contributed by atoms with van der Waals surface area (Å²) in [6, 6.07) is 12.3. The van der Waals surface area contributed by atoms with Gasteiger partial charge in [-0.25, -0.2) is 13.8 Å². The summed E-state index contributed by atoms with van der Waals surface area (Å²) in [6.07, 6.45) is 1.90. The Labute approximate surface area is 177 Å². The first kappa shape index (κ1) is 23.2. The van der Waals surface area contributed by atoms with Gasteiger partial charge in [0.2, 0.25) is 10.0 Å². The number of anilines is 1. The highest BCUT2D eigenvalue weighted by atomic mass is 32.2. The van der Waals surface area contributed by atoms with Gasteiger partial charge in [0.15, 0.2) is 11.5 Å². The number of carbonyl (C=O) groups is 1. The molecule has 9 heteroatoms. The van der Waals surface area contributed by atoms with E-state index >= 15 is 0 Å². The Morgan fingerprint density at radius 3 is 2.23 bits per heavy atom. The van der Waals surface area contributed by atoms with Crippen LogP contribution in [-0.2, 0) is 21.2 Å². The van der Waals surface area contributed by atoms with E-state index in [4.69, 9.17) is 9.47 Å². The molecule has 2 rings (SSSR count). The normalized spacial score (nSPS) is 11.7. The number of hydrogen-bond acceptors (Lipinski definition) is 6. The Kier molecular flexibility index (Phi) is 7.82. The van der Waals surface area contributed by atoms with E-state index < -0.39 is 15.9 Å². The Hall–Kier alpha value is -3.07. The maximum atomic E-state index is 12.4. The first-order valence-corrected chi connectivity index (χ1v) is 11.2. The molecule has 0 aliphatic carbocycles. The molecule has 0 heterocycles. The van der Waals surface area contributed by atoms with Gasteiger partial charge in [-0.1, -0.05) is 19.1 Å². The van der Waals surface area contributed by atoms with Crippen molar-refractivity contribution in [1.82, 2.24) is 5.43 Å². The number of carbonyl (C=O) groups excluding carboxylic acids is 1. The number of nitrogens with zero attached hydrogens (tertiary/aromatic N) is 2. The third kappa shape index (κ3) is 5.96. The van der Waals surface area contributed by atoms with Crippen molar-refractivity contribution in [2.75, 3.05) is 31.3 Å². The van der Waals surface area contributed by atoms with Gasteiger partial charge in [0.05, 0.1) is 31.9 Å². The summed E-state index contributed by atoms with van der Waals surface area (Å²) in [5, 5.41) is 4.08. The molecule has 2 aromatic carbocycles. The van der Waals surface area contributed by atoms with Crippen molar-refractivity contribution >= 4 is 27.3 Å². The number of sulfonamides is 1. The van der Waals surface area contributed by atoms with Crippen LogP contribution in [-0.4, -0.2) is 47.1 Å². The third-order valence-electron chi connectivity index (χ3n) is 4.47. The number of amides is 1. The van der Waals surface area contributed by atoms with Crippen LogP contribution >= 0.6 is 0 Å². The standard InChI is InChI=1S/C21H27N3O5S/c1-6-16-7-10-18(11-8-16)24(30(5,26)27)14-21(25)23-22-15(2)17-9-12-19(28-3)20(13-17)29-4/h7-13H,6,14H2,1-5H3,(H,23,25)/b22-15-. The van der Waals surface area contributed by atoms with E-state index in [2.05, 4.69) is 10.5 Å². The molecule has 0 fully saturated rings. The van der Waals surface area contributed by atoms with Crippen LogP contribution in [0.5, 0.6) is 11.5 Å². The lowest BCUT2D eigenvalue weighted by Crippen LogP contribution is -2.39. The van der Waals surface area contributed by atoms with Gasteiger partial charge in [-0.3, -0.25) is 9.10 Å². The Morgan fingerprint density at radius 1 is 1.07 bits per heavy atom. The van der Waals surface area contributed by atoms with Crippen LogP contribution < -0.4 is 19.2 Å². The van der Waals surface area contributed by atoms with Crippen LogP contribution in [0.4, 0.5) is 5.69 Å². The van der Waals surface area contributed by atoms with Crippen molar-refractivity contribution in [2.45, 2.75) is 20.3 Å². The molecular formula is C21H27N3O5S. The lowest BCUT2D eigenvalue weighted by atomic mass is 10.1. The summed E-state index contributed by atoms with van der Waals surface area (Å²) in [7, 11) is -0.572. The van der Waals surface area contributed by atoms with E-state index in [0.717, 1.165) is 28.1 Å². The maximum Gasteiger partial charge on any atom is 0.260 e. The summed E-state index contributed by atoms with van der Waals surface area (Å²) in [5.41, 5.74) is 5.17. The summed E-state index contributed by atoms with van der Waals surface area (Å²) in [5.74, 6) is 0.561. The van der Waals surface area contributed by atoms with Gasteiger partial charge in [0, 0.05) is 5.56 Å². The van der Waals surface area contributed by atoms with Gasteiger partial charge in [0.25, 0.3) is 5.91 Å². The maximum absolute atomic E-state index is 12.4. The summed E-state index contributed by atoms with van der Waals surface area (Å²) in [6.45, 7) is 3.35. The molecule has 0 aliphatic rings. The van der Waals surface area contributed by atoms with Crippen LogP contribution in [0.15, 0.2) is 47.6 Å². The Bertz CT molecular complexity index is 1020. The third-order valence-corrected chi connectivity index (χ3v) is 5.61. The molecule has 162 valence electrons. The molecule has 1 amide bonds. The molecule has 0 spiro atoms. The zero-order chi connectivity index (χ0) is 22.3. The van der Waals surface area contributed by atoms with E-state index in [-0.39, 0.29) is 6.54 Å². The Morgan fingerprint density at radius 2 is 1.70 bits per heavy atom.